The molecule has 2 amide bonds. The highest BCUT2D eigenvalue weighted by atomic mass is 127. The third-order valence-corrected chi connectivity index (χ3v) is 6.28. The molecule has 0 saturated heterocycles. The molecule has 0 aliphatic carbocycles. The molecule has 3 rings (SSSR count). The maximum Gasteiger partial charge on any atom is 0.337 e. The van der Waals surface area contributed by atoms with Gasteiger partial charge in [-0.25, -0.2) is 9.59 Å². The van der Waals surface area contributed by atoms with Crippen molar-refractivity contribution in [2.45, 2.75) is 33.0 Å². The number of urea groups is 1. The van der Waals surface area contributed by atoms with Gasteiger partial charge in [-0.05, 0) is 73.2 Å². The van der Waals surface area contributed by atoms with E-state index < -0.39 is 24.3 Å². The van der Waals surface area contributed by atoms with Gasteiger partial charge in [0.15, 0.2) is 29.2 Å². The van der Waals surface area contributed by atoms with Crippen molar-refractivity contribution in [1.29, 1.82) is 0 Å². The molecule has 13 heteroatoms. The van der Waals surface area contributed by atoms with Crippen molar-refractivity contribution in [3.8, 4) is 23.0 Å². The van der Waals surface area contributed by atoms with Crippen molar-refractivity contribution in [3.63, 3.8) is 0 Å². The first kappa shape index (κ1) is 30.8. The summed E-state index contributed by atoms with van der Waals surface area (Å²) in [5.41, 5.74) is 4.56. The molecule has 0 radical (unpaired) electrons. The summed E-state index contributed by atoms with van der Waals surface area (Å²) < 4.78 is 28.5. The van der Waals surface area contributed by atoms with Crippen LogP contribution >= 0.6 is 22.6 Å². The third kappa shape index (κ3) is 7.69. The Bertz CT molecular complexity index is 1280. The minimum Gasteiger partial charge on any atom is -0.493 e. The average molecular weight is 668 g/mol. The second-order valence-electron chi connectivity index (χ2n) is 8.37. The van der Waals surface area contributed by atoms with Gasteiger partial charge in [0, 0.05) is 14.8 Å². The first-order valence-electron chi connectivity index (χ1n) is 12.4. The molecule has 0 spiro atoms. The molecule has 2 aromatic rings. The summed E-state index contributed by atoms with van der Waals surface area (Å²) in [6, 6.07) is 7.54. The first-order chi connectivity index (χ1) is 19.2. The Morgan fingerprint density at radius 1 is 1.12 bits per heavy atom. The van der Waals surface area contributed by atoms with Gasteiger partial charge in [-0.2, -0.15) is 5.10 Å². The molecule has 4 N–H and O–H groups in total. The topological polar surface area (TPSA) is 149 Å². The summed E-state index contributed by atoms with van der Waals surface area (Å²) in [7, 11) is 2.84. The van der Waals surface area contributed by atoms with Crippen LogP contribution in [0.4, 0.5) is 4.79 Å². The fraction of sp³-hybridized carbons (Fsp3) is 0.370. The number of nitrogens with zero attached hydrogens (tertiary/aromatic N) is 1. The van der Waals surface area contributed by atoms with Crippen LogP contribution in [0, 0.1) is 3.57 Å². The largest absolute Gasteiger partial charge is 0.493 e. The number of nitrogens with one attached hydrogen (secondary N) is 3. The number of rotatable bonds is 13. The molecular formula is C27H33IN4O8. The van der Waals surface area contributed by atoms with Gasteiger partial charge >= 0.3 is 12.0 Å². The van der Waals surface area contributed by atoms with Gasteiger partial charge in [0.1, 0.15) is 6.61 Å². The molecule has 1 heterocycles. The van der Waals surface area contributed by atoms with Gasteiger partial charge in [-0.3, -0.25) is 5.43 Å². The lowest BCUT2D eigenvalue weighted by Crippen LogP contribution is -2.45. The van der Waals surface area contributed by atoms with Crippen molar-refractivity contribution in [1.82, 2.24) is 16.1 Å². The first-order valence-corrected chi connectivity index (χ1v) is 13.5. The van der Waals surface area contributed by atoms with E-state index in [0.29, 0.717) is 53.0 Å². The summed E-state index contributed by atoms with van der Waals surface area (Å²) in [5.74, 6) is 1.29. The molecule has 2 atom stereocenters. The number of ether oxygens (including phenoxy) is 5. The number of hydrogen-bond donors (Lipinski definition) is 4. The highest BCUT2D eigenvalue weighted by Crippen LogP contribution is 2.35. The van der Waals surface area contributed by atoms with Crippen molar-refractivity contribution in [2.24, 2.45) is 5.10 Å². The molecule has 0 fully saturated rings. The zero-order valence-electron chi connectivity index (χ0n) is 22.9. The molecule has 1 aliphatic heterocycles. The number of esters is 1. The van der Waals surface area contributed by atoms with E-state index in [-0.39, 0.29) is 12.2 Å². The molecule has 40 heavy (non-hydrogen) atoms. The van der Waals surface area contributed by atoms with Crippen LogP contribution in [0.15, 0.2) is 46.7 Å². The fourth-order valence-electron chi connectivity index (χ4n) is 3.95. The van der Waals surface area contributed by atoms with E-state index in [4.69, 9.17) is 23.7 Å². The molecule has 0 aromatic heterocycles. The molecule has 0 saturated carbocycles. The second-order valence-corrected chi connectivity index (χ2v) is 9.62. The van der Waals surface area contributed by atoms with Crippen LogP contribution in [-0.4, -0.2) is 63.6 Å². The second kappa shape index (κ2) is 14.6. The zero-order valence-corrected chi connectivity index (χ0v) is 25.0. The van der Waals surface area contributed by atoms with Gasteiger partial charge in [0.2, 0.25) is 0 Å². The molecular weight excluding hydrogens is 635 g/mol. The Morgan fingerprint density at radius 2 is 1.88 bits per heavy atom. The van der Waals surface area contributed by atoms with Gasteiger partial charge in [-0.1, -0.05) is 6.07 Å². The number of methoxy groups -OCH3 is 2. The number of hydrogen-bond acceptors (Lipinski definition) is 10. The van der Waals surface area contributed by atoms with Crippen molar-refractivity contribution >= 4 is 40.8 Å². The van der Waals surface area contributed by atoms with E-state index in [9.17, 15) is 14.7 Å². The number of allylic oxidation sites excluding steroid dienone is 1. The molecule has 1 aliphatic rings. The van der Waals surface area contributed by atoms with E-state index in [1.807, 2.05) is 26.0 Å². The summed E-state index contributed by atoms with van der Waals surface area (Å²) in [6.07, 6.45) is 0.381. The smallest absolute Gasteiger partial charge is 0.337 e. The van der Waals surface area contributed by atoms with Gasteiger partial charge in [-0.15, -0.1) is 0 Å². The Hall–Kier alpha value is -3.72. The monoisotopic (exact) mass is 668 g/mol. The Balaban J connectivity index is 1.73. The maximum atomic E-state index is 12.4. The molecule has 216 valence electrons. The minimum absolute atomic E-state index is 0.152. The summed E-state index contributed by atoms with van der Waals surface area (Å²) in [5, 5.41) is 19.9. The van der Waals surface area contributed by atoms with Crippen molar-refractivity contribution in [3.05, 3.63) is 56.3 Å². The van der Waals surface area contributed by atoms with Crippen LogP contribution < -0.4 is 35.0 Å². The number of hydrazone groups is 1. The Labute approximate surface area is 246 Å². The third-order valence-electron chi connectivity index (χ3n) is 5.66. The summed E-state index contributed by atoms with van der Waals surface area (Å²) in [4.78, 5) is 24.5. The van der Waals surface area contributed by atoms with Gasteiger partial charge < -0.3 is 39.4 Å². The molecule has 12 nitrogen and oxygen atoms in total. The van der Waals surface area contributed by atoms with E-state index in [2.05, 4.69) is 43.8 Å². The van der Waals surface area contributed by atoms with Crippen LogP contribution in [0.25, 0.3) is 0 Å². The van der Waals surface area contributed by atoms with Crippen LogP contribution in [0.5, 0.6) is 23.0 Å². The maximum absolute atomic E-state index is 12.4. The van der Waals surface area contributed by atoms with Crippen LogP contribution in [0.1, 0.15) is 37.9 Å². The van der Waals surface area contributed by atoms with Gasteiger partial charge in [0.05, 0.1) is 45.3 Å². The standard InChI is InChI=1S/C27H33IN4O8/c1-6-38-20-11-16(24-23(26(34)37-5)15(3)30-27(35)31-24)8-9-19(20)40-14-22(33)32-29-13-17-10-18(28)12-21(36-4)25(17)39-7-2/h8-13,22,24,32-33H,6-7,14H2,1-5H3,(H2,30,31,35)/b29-13+/t22-,24+/m0/s1. The fourth-order valence-corrected chi connectivity index (χ4v) is 4.57. The number of benzene rings is 2. The predicted molar refractivity (Wildman–Crippen MR) is 156 cm³/mol. The zero-order chi connectivity index (χ0) is 29.2. The minimum atomic E-state index is -1.15. The predicted octanol–water partition coefficient (Wildman–Crippen LogP) is 3.22. The number of carbonyl (C=O) groups excluding carboxylic acids is 2. The Kier molecular flexibility index (Phi) is 11.3. The molecule has 0 bridgehead atoms. The van der Waals surface area contributed by atoms with Crippen LogP contribution in [0.2, 0.25) is 0 Å². The average Bonchev–Trinajstić information content (AvgIpc) is 2.92. The lowest BCUT2D eigenvalue weighted by Gasteiger charge is -2.28. The molecule has 0 unspecified atom stereocenters. The highest BCUT2D eigenvalue weighted by Gasteiger charge is 2.32. The van der Waals surface area contributed by atoms with E-state index >= 15 is 0 Å². The summed E-state index contributed by atoms with van der Waals surface area (Å²) in [6.45, 7) is 5.95. The van der Waals surface area contributed by atoms with E-state index in [0.717, 1.165) is 3.57 Å². The normalized spacial score (nSPS) is 15.7. The highest BCUT2D eigenvalue weighted by molar-refractivity contribution is 14.1. The quantitative estimate of drug-likeness (QED) is 0.0831. The van der Waals surface area contributed by atoms with Crippen LogP contribution in [-0.2, 0) is 9.53 Å². The number of amides is 2. The van der Waals surface area contributed by atoms with E-state index in [1.54, 1.807) is 32.2 Å². The summed E-state index contributed by atoms with van der Waals surface area (Å²) >= 11 is 2.17. The number of aliphatic hydroxyl groups is 1. The van der Waals surface area contributed by atoms with Crippen molar-refractivity contribution < 1.29 is 38.4 Å². The number of aliphatic hydroxyl groups excluding tert-OH is 1. The number of carbonyl (C=O) groups is 2. The van der Waals surface area contributed by atoms with Crippen LogP contribution in [0.3, 0.4) is 0 Å². The SMILES string of the molecule is CCOc1cc([C@H]2NC(=O)NC(C)=C2C(=O)OC)ccc1OC[C@H](O)N/N=C/c1cc(I)cc(OC)c1OCC. The number of halogens is 1. The van der Waals surface area contributed by atoms with Gasteiger partial charge in [0.25, 0.3) is 0 Å². The Morgan fingerprint density at radius 3 is 2.55 bits per heavy atom. The molecule has 2 aromatic carbocycles. The lowest BCUT2D eigenvalue weighted by molar-refractivity contribution is -0.136. The van der Waals surface area contributed by atoms with E-state index in [1.165, 1.54) is 13.3 Å². The van der Waals surface area contributed by atoms with Crippen molar-refractivity contribution in [2.75, 3.05) is 34.0 Å². The lowest BCUT2D eigenvalue weighted by atomic mass is 9.95.